The Kier molecular flexibility index (Phi) is 7.99. The van der Waals surface area contributed by atoms with E-state index in [4.69, 9.17) is 16.3 Å². The molecule has 0 unspecified atom stereocenters. The van der Waals surface area contributed by atoms with Crippen LogP contribution in [0, 0.1) is 13.8 Å². The highest BCUT2D eigenvalue weighted by Gasteiger charge is 2.16. The predicted octanol–water partition coefficient (Wildman–Crippen LogP) is 3.38. The average Bonchev–Trinajstić information content (AvgIpc) is 2.91. The molecule has 0 aliphatic heterocycles. The number of hydrogen-bond acceptors (Lipinski definition) is 5. The molecule has 0 radical (unpaired) electrons. The average molecular weight is 447 g/mol. The van der Waals surface area contributed by atoms with Gasteiger partial charge in [-0.1, -0.05) is 29.8 Å². The van der Waals surface area contributed by atoms with E-state index >= 15 is 0 Å². The van der Waals surface area contributed by atoms with Crippen molar-refractivity contribution in [2.24, 2.45) is 0 Å². The number of carbonyl (C=O) groups excluding carboxylic acids is 3. The summed E-state index contributed by atoms with van der Waals surface area (Å²) in [4.78, 5) is 35.3. The number of esters is 1. The number of ether oxygens (including phenoxy) is 1. The molecule has 31 heavy (non-hydrogen) atoms. The van der Waals surface area contributed by atoms with Crippen LogP contribution in [0.2, 0.25) is 5.02 Å². The van der Waals surface area contributed by atoms with Gasteiger partial charge in [0.2, 0.25) is 0 Å². The highest BCUT2D eigenvalue weighted by molar-refractivity contribution is 6.31. The van der Waals surface area contributed by atoms with Crippen LogP contribution in [0.3, 0.4) is 0 Å². The second-order valence-corrected chi connectivity index (χ2v) is 8.43. The van der Waals surface area contributed by atoms with Gasteiger partial charge in [-0.3, -0.25) is 14.8 Å². The summed E-state index contributed by atoms with van der Waals surface area (Å²) in [6.07, 6.45) is 2.81. The Balaban J connectivity index is 1.94. The van der Waals surface area contributed by atoms with Crippen molar-refractivity contribution in [3.63, 3.8) is 0 Å². The van der Waals surface area contributed by atoms with Gasteiger partial charge in [0.25, 0.3) is 5.91 Å². The van der Waals surface area contributed by atoms with Crippen LogP contribution in [0.1, 0.15) is 43.3 Å². The first-order valence-corrected chi connectivity index (χ1v) is 10.1. The van der Waals surface area contributed by atoms with Gasteiger partial charge in [0.05, 0.1) is 12.2 Å². The molecule has 9 heteroatoms. The lowest BCUT2D eigenvalue weighted by Crippen LogP contribution is -2.49. The Labute approximate surface area is 186 Å². The summed E-state index contributed by atoms with van der Waals surface area (Å²) in [6, 6.07) is 6.87. The zero-order chi connectivity index (χ0) is 23.2. The van der Waals surface area contributed by atoms with Crippen LogP contribution in [-0.2, 0) is 20.9 Å². The second-order valence-electron chi connectivity index (χ2n) is 8.03. The predicted molar refractivity (Wildman–Crippen MR) is 119 cm³/mol. The second kappa shape index (κ2) is 10.3. The summed E-state index contributed by atoms with van der Waals surface area (Å²) >= 11 is 6.23. The number of urea groups is 1. The Hall–Kier alpha value is -3.13. The van der Waals surface area contributed by atoms with Crippen molar-refractivity contribution < 1.29 is 19.1 Å². The van der Waals surface area contributed by atoms with Gasteiger partial charge in [-0.2, -0.15) is 5.10 Å². The lowest BCUT2D eigenvalue weighted by atomic mass is 10.1. The number of aromatic nitrogens is 2. The van der Waals surface area contributed by atoms with Crippen LogP contribution >= 0.6 is 11.6 Å². The van der Waals surface area contributed by atoms with Crippen LogP contribution in [0.15, 0.2) is 30.3 Å². The van der Waals surface area contributed by atoms with Crippen LogP contribution in [-0.4, -0.2) is 39.8 Å². The lowest BCUT2D eigenvalue weighted by Gasteiger charge is -2.20. The molecule has 0 aliphatic rings. The number of rotatable bonds is 6. The number of halogens is 1. The molecule has 166 valence electrons. The summed E-state index contributed by atoms with van der Waals surface area (Å²) in [5.74, 6) is -1.42. The van der Waals surface area contributed by atoms with Crippen molar-refractivity contribution >= 4 is 35.6 Å². The van der Waals surface area contributed by atoms with Crippen molar-refractivity contribution in [2.45, 2.75) is 46.7 Å². The van der Waals surface area contributed by atoms with Gasteiger partial charge in [-0.15, -0.1) is 0 Å². The summed E-state index contributed by atoms with van der Waals surface area (Å²) in [6.45, 7) is 9.00. The molecule has 1 aromatic carbocycles. The molecule has 2 aromatic rings. The third kappa shape index (κ3) is 7.57. The van der Waals surface area contributed by atoms with E-state index in [2.05, 4.69) is 15.7 Å². The first kappa shape index (κ1) is 24.1. The maximum Gasteiger partial charge on any atom is 0.331 e. The third-order valence-corrected chi connectivity index (χ3v) is 4.56. The number of nitrogens with zero attached hydrogens (tertiary/aromatic N) is 2. The molecule has 2 N–H and O–H groups in total. The number of benzene rings is 1. The molecule has 0 fully saturated rings. The van der Waals surface area contributed by atoms with Crippen LogP contribution in [0.25, 0.3) is 6.08 Å². The fourth-order valence-corrected chi connectivity index (χ4v) is 2.96. The minimum atomic E-state index is -0.719. The molecule has 1 heterocycles. The fraction of sp³-hybridized carbons (Fsp3) is 0.364. The summed E-state index contributed by atoms with van der Waals surface area (Å²) < 4.78 is 6.70. The first-order valence-electron chi connectivity index (χ1n) is 9.70. The molecule has 0 bridgehead atoms. The van der Waals surface area contributed by atoms with E-state index in [0.717, 1.165) is 22.5 Å². The van der Waals surface area contributed by atoms with Gasteiger partial charge in [0.1, 0.15) is 0 Å². The molecule has 0 aliphatic carbocycles. The smallest absolute Gasteiger partial charge is 0.331 e. The minimum absolute atomic E-state index is 0.490. The molecule has 2 rings (SSSR count). The Morgan fingerprint density at radius 2 is 1.87 bits per heavy atom. The van der Waals surface area contributed by atoms with E-state index in [0.29, 0.717) is 11.6 Å². The molecule has 1 aromatic heterocycles. The number of hydrogen-bond donors (Lipinski definition) is 2. The van der Waals surface area contributed by atoms with Crippen molar-refractivity contribution in [1.29, 1.82) is 0 Å². The molecule has 8 nitrogen and oxygen atoms in total. The molecule has 0 saturated heterocycles. The third-order valence-electron chi connectivity index (χ3n) is 4.19. The van der Waals surface area contributed by atoms with Gasteiger partial charge in [0.15, 0.2) is 6.61 Å². The zero-order valence-electron chi connectivity index (χ0n) is 18.3. The van der Waals surface area contributed by atoms with E-state index in [1.54, 1.807) is 26.8 Å². The Morgan fingerprint density at radius 3 is 2.52 bits per heavy atom. The first-order chi connectivity index (χ1) is 14.5. The summed E-state index contributed by atoms with van der Waals surface area (Å²) in [5, 5.41) is 9.84. The summed E-state index contributed by atoms with van der Waals surface area (Å²) in [5.41, 5.74) is 2.82. The lowest BCUT2D eigenvalue weighted by molar-refractivity contribution is -0.143. The SMILES string of the molecule is Cc1nn(Cc2ccccc2Cl)c(C)c1/C=C/C(=O)OCC(=O)NC(=O)NC(C)(C)C. The number of amides is 3. The van der Waals surface area contributed by atoms with Crippen molar-refractivity contribution in [1.82, 2.24) is 20.4 Å². The topological polar surface area (TPSA) is 102 Å². The van der Waals surface area contributed by atoms with Gasteiger partial charge in [-0.05, 0) is 52.3 Å². The highest BCUT2D eigenvalue weighted by atomic mass is 35.5. The van der Waals surface area contributed by atoms with Gasteiger partial charge in [-0.25, -0.2) is 9.59 Å². The molecule has 0 spiro atoms. The van der Waals surface area contributed by atoms with E-state index in [1.165, 1.54) is 6.08 Å². The zero-order valence-corrected chi connectivity index (χ0v) is 19.0. The quantitative estimate of drug-likeness (QED) is 0.523. The van der Waals surface area contributed by atoms with Crippen LogP contribution in [0.5, 0.6) is 0 Å². The minimum Gasteiger partial charge on any atom is -0.452 e. The number of imide groups is 1. The summed E-state index contributed by atoms with van der Waals surface area (Å²) in [7, 11) is 0. The maximum absolute atomic E-state index is 12.0. The van der Waals surface area contributed by atoms with Crippen LogP contribution < -0.4 is 10.6 Å². The number of nitrogens with one attached hydrogen (secondary N) is 2. The molecular formula is C22H27ClN4O4. The molecular weight excluding hydrogens is 420 g/mol. The largest absolute Gasteiger partial charge is 0.452 e. The Morgan fingerprint density at radius 1 is 1.19 bits per heavy atom. The van der Waals surface area contributed by atoms with E-state index in [1.807, 2.05) is 42.8 Å². The van der Waals surface area contributed by atoms with Crippen molar-refractivity contribution in [3.05, 3.63) is 57.9 Å². The van der Waals surface area contributed by atoms with Crippen LogP contribution in [0.4, 0.5) is 4.79 Å². The fourth-order valence-electron chi connectivity index (χ4n) is 2.76. The maximum atomic E-state index is 12.0. The normalized spacial score (nSPS) is 11.4. The number of carbonyl (C=O) groups is 3. The van der Waals surface area contributed by atoms with Crippen molar-refractivity contribution in [3.8, 4) is 0 Å². The monoisotopic (exact) mass is 446 g/mol. The van der Waals surface area contributed by atoms with E-state index in [9.17, 15) is 14.4 Å². The Bertz CT molecular complexity index is 1010. The van der Waals surface area contributed by atoms with E-state index in [-0.39, 0.29) is 0 Å². The molecule has 3 amide bonds. The van der Waals surface area contributed by atoms with Gasteiger partial charge < -0.3 is 10.1 Å². The highest BCUT2D eigenvalue weighted by Crippen LogP contribution is 2.20. The van der Waals surface area contributed by atoms with E-state index < -0.39 is 30.1 Å². The molecule has 0 atom stereocenters. The van der Waals surface area contributed by atoms with Gasteiger partial charge in [0, 0.05) is 27.9 Å². The molecule has 0 saturated carbocycles. The van der Waals surface area contributed by atoms with Crippen molar-refractivity contribution in [2.75, 3.05) is 6.61 Å². The number of aryl methyl sites for hydroxylation is 1. The van der Waals surface area contributed by atoms with Gasteiger partial charge >= 0.3 is 12.0 Å². The standard InChI is InChI=1S/C22H27ClN4O4/c1-14-17(15(2)27(26-14)12-16-8-6-7-9-18(16)23)10-11-20(29)31-13-19(28)24-21(30)25-22(3,4)5/h6-11H,12-13H2,1-5H3,(H2,24,25,28,30)/b11-10+.